The molecule has 0 saturated heterocycles. The molecule has 5 nitrogen and oxygen atoms in total. The van der Waals surface area contributed by atoms with Gasteiger partial charge in [0.15, 0.2) is 0 Å². The number of hydrogen-bond acceptors (Lipinski definition) is 5. The zero-order valence-electron chi connectivity index (χ0n) is 16.2. The van der Waals surface area contributed by atoms with Gasteiger partial charge in [0.25, 0.3) is 0 Å². The van der Waals surface area contributed by atoms with Gasteiger partial charge in [-0.3, -0.25) is 0 Å². The molecule has 0 radical (unpaired) electrons. The number of benzene rings is 2. The second-order valence-electron chi connectivity index (χ2n) is 7.46. The predicted molar refractivity (Wildman–Crippen MR) is 109 cm³/mol. The lowest BCUT2D eigenvalue weighted by Crippen LogP contribution is -2.23. The highest BCUT2D eigenvalue weighted by atomic mass is 32.2. The molecule has 1 saturated carbocycles. The minimum absolute atomic E-state index is 0.133. The Hall–Kier alpha value is -2.67. The van der Waals surface area contributed by atoms with E-state index < -0.39 is 9.84 Å². The van der Waals surface area contributed by atoms with Gasteiger partial charge in [0.1, 0.15) is 5.82 Å². The van der Waals surface area contributed by atoms with Crippen LogP contribution in [0.1, 0.15) is 37.7 Å². The van der Waals surface area contributed by atoms with Crippen molar-refractivity contribution in [3.05, 3.63) is 59.9 Å². The Morgan fingerprint density at radius 1 is 1.00 bits per heavy atom. The van der Waals surface area contributed by atoms with Crippen molar-refractivity contribution in [1.82, 2.24) is 4.98 Å². The molecule has 0 spiro atoms. The first-order chi connectivity index (χ1) is 13.9. The molecule has 4 rings (SSSR count). The maximum atomic E-state index is 13.3. The zero-order valence-corrected chi connectivity index (χ0v) is 17.0. The van der Waals surface area contributed by atoms with Gasteiger partial charge in [-0.05, 0) is 56.2 Å². The molecular weight excluding hydrogens is 391 g/mol. The average Bonchev–Trinajstić information content (AvgIpc) is 3.14. The number of halogens is 1. The fraction of sp³-hybridized carbons (Fsp3) is 0.318. The minimum Gasteiger partial charge on any atom is -0.419 e. The number of oxazole rings is 1. The van der Waals surface area contributed by atoms with Crippen LogP contribution in [0.15, 0.2) is 62.9 Å². The van der Waals surface area contributed by atoms with Crippen LogP contribution >= 0.6 is 0 Å². The number of aryl methyl sites for hydroxylation is 1. The van der Waals surface area contributed by atoms with Gasteiger partial charge in [0, 0.05) is 11.6 Å². The Labute approximate surface area is 169 Å². The van der Waals surface area contributed by atoms with Crippen LogP contribution in [-0.4, -0.2) is 19.4 Å². The van der Waals surface area contributed by atoms with Crippen molar-refractivity contribution in [1.29, 1.82) is 0 Å². The van der Waals surface area contributed by atoms with Crippen LogP contribution in [0.25, 0.3) is 11.5 Å². The predicted octanol–water partition coefficient (Wildman–Crippen LogP) is 5.37. The Balaban J connectivity index is 1.77. The molecule has 1 fully saturated rings. The Bertz CT molecular complexity index is 1080. The van der Waals surface area contributed by atoms with Crippen molar-refractivity contribution in [2.45, 2.75) is 55.0 Å². The van der Waals surface area contributed by atoms with Crippen LogP contribution < -0.4 is 5.32 Å². The summed E-state index contributed by atoms with van der Waals surface area (Å²) in [5.41, 5.74) is 1.49. The fourth-order valence-corrected chi connectivity index (χ4v) is 4.82. The van der Waals surface area contributed by atoms with Gasteiger partial charge >= 0.3 is 0 Å². The third kappa shape index (κ3) is 4.19. The van der Waals surface area contributed by atoms with Crippen LogP contribution in [-0.2, 0) is 9.84 Å². The summed E-state index contributed by atoms with van der Waals surface area (Å²) in [5.74, 6) is -0.0841. The Morgan fingerprint density at radius 3 is 2.31 bits per heavy atom. The van der Waals surface area contributed by atoms with Crippen molar-refractivity contribution in [2.75, 3.05) is 5.32 Å². The molecule has 3 aromatic rings. The maximum absolute atomic E-state index is 13.3. The highest BCUT2D eigenvalue weighted by Crippen LogP contribution is 2.34. The van der Waals surface area contributed by atoms with E-state index in [0.29, 0.717) is 5.56 Å². The SMILES string of the molecule is Cc1ccc(S(=O)(=O)c2nc(-c3ccc(F)cc3)oc2NC2CCCCC2)cc1. The lowest BCUT2D eigenvalue weighted by molar-refractivity contribution is 0.450. The van der Waals surface area contributed by atoms with Crippen molar-refractivity contribution < 1.29 is 17.2 Å². The summed E-state index contributed by atoms with van der Waals surface area (Å²) < 4.78 is 45.7. The van der Waals surface area contributed by atoms with Crippen molar-refractivity contribution in [3.63, 3.8) is 0 Å². The van der Waals surface area contributed by atoms with Gasteiger partial charge in [0.05, 0.1) is 4.90 Å². The summed E-state index contributed by atoms with van der Waals surface area (Å²) in [7, 11) is -3.87. The molecule has 0 bridgehead atoms. The average molecular weight is 415 g/mol. The second-order valence-corrected chi connectivity index (χ2v) is 9.32. The minimum atomic E-state index is -3.87. The lowest BCUT2D eigenvalue weighted by Gasteiger charge is -2.22. The van der Waals surface area contributed by atoms with E-state index in [-0.39, 0.29) is 33.6 Å². The van der Waals surface area contributed by atoms with E-state index in [1.165, 1.54) is 30.7 Å². The number of sulfone groups is 1. The van der Waals surface area contributed by atoms with Crippen molar-refractivity contribution >= 4 is 15.7 Å². The van der Waals surface area contributed by atoms with Gasteiger partial charge in [-0.1, -0.05) is 37.0 Å². The molecule has 29 heavy (non-hydrogen) atoms. The van der Waals surface area contributed by atoms with Gasteiger partial charge in [-0.25, -0.2) is 12.8 Å². The van der Waals surface area contributed by atoms with Crippen LogP contribution in [0, 0.1) is 12.7 Å². The monoisotopic (exact) mass is 414 g/mol. The first-order valence-corrected chi connectivity index (χ1v) is 11.3. The molecular formula is C22H23FN2O3S. The molecule has 0 atom stereocenters. The normalized spacial score (nSPS) is 15.4. The smallest absolute Gasteiger partial charge is 0.234 e. The standard InChI is InChI=1S/C22H23FN2O3S/c1-15-7-13-19(14-8-15)29(26,27)22-21(24-18-5-3-2-4-6-18)28-20(25-22)16-9-11-17(23)12-10-16/h7-14,18,24H,2-6H2,1H3. The summed E-state index contributed by atoms with van der Waals surface area (Å²) in [6.45, 7) is 1.90. The third-order valence-electron chi connectivity index (χ3n) is 5.21. The third-order valence-corrected chi connectivity index (χ3v) is 6.89. The Morgan fingerprint density at radius 2 is 1.66 bits per heavy atom. The van der Waals surface area contributed by atoms with E-state index in [1.807, 2.05) is 6.92 Å². The second kappa shape index (κ2) is 7.99. The number of nitrogens with one attached hydrogen (secondary N) is 1. The fourth-order valence-electron chi connectivity index (χ4n) is 3.56. The Kier molecular flexibility index (Phi) is 5.41. The number of aromatic nitrogens is 1. The molecule has 0 aliphatic heterocycles. The van der Waals surface area contributed by atoms with Gasteiger partial charge in [-0.15, -0.1) is 0 Å². The molecule has 1 aliphatic rings. The topological polar surface area (TPSA) is 72.2 Å². The highest BCUT2D eigenvalue weighted by Gasteiger charge is 2.30. The van der Waals surface area contributed by atoms with E-state index in [4.69, 9.17) is 4.42 Å². The quantitative estimate of drug-likeness (QED) is 0.608. The maximum Gasteiger partial charge on any atom is 0.234 e. The van der Waals surface area contributed by atoms with E-state index in [9.17, 15) is 12.8 Å². The van der Waals surface area contributed by atoms with Gasteiger partial charge in [-0.2, -0.15) is 4.98 Å². The van der Waals surface area contributed by atoms with E-state index >= 15 is 0 Å². The van der Waals surface area contributed by atoms with E-state index in [0.717, 1.165) is 31.2 Å². The summed E-state index contributed by atoms with van der Waals surface area (Å²) in [6, 6.07) is 12.4. The van der Waals surface area contributed by atoms with Crippen LogP contribution in [0.2, 0.25) is 0 Å². The lowest BCUT2D eigenvalue weighted by atomic mass is 9.96. The molecule has 1 N–H and O–H groups in total. The molecule has 7 heteroatoms. The molecule has 2 aromatic carbocycles. The number of rotatable bonds is 5. The van der Waals surface area contributed by atoms with Crippen LogP contribution in [0.4, 0.5) is 10.3 Å². The summed E-state index contributed by atoms with van der Waals surface area (Å²) in [5, 5.41) is 3.12. The van der Waals surface area contributed by atoms with E-state index in [2.05, 4.69) is 10.3 Å². The summed E-state index contributed by atoms with van der Waals surface area (Å²) in [4.78, 5) is 4.47. The van der Waals surface area contributed by atoms with Gasteiger partial charge in [0.2, 0.25) is 26.6 Å². The molecule has 1 aromatic heterocycles. The first-order valence-electron chi connectivity index (χ1n) is 9.78. The van der Waals surface area contributed by atoms with Crippen LogP contribution in [0.5, 0.6) is 0 Å². The summed E-state index contributed by atoms with van der Waals surface area (Å²) >= 11 is 0. The largest absolute Gasteiger partial charge is 0.419 e. The molecule has 0 unspecified atom stereocenters. The molecule has 1 heterocycles. The highest BCUT2D eigenvalue weighted by molar-refractivity contribution is 7.91. The van der Waals surface area contributed by atoms with Crippen molar-refractivity contribution in [3.8, 4) is 11.5 Å². The van der Waals surface area contributed by atoms with Crippen molar-refractivity contribution in [2.24, 2.45) is 0 Å². The number of anilines is 1. The zero-order chi connectivity index (χ0) is 20.4. The summed E-state index contributed by atoms with van der Waals surface area (Å²) in [6.07, 6.45) is 5.28. The molecule has 0 amide bonds. The van der Waals surface area contributed by atoms with E-state index in [1.54, 1.807) is 24.3 Å². The number of hydrogen-bond donors (Lipinski definition) is 1. The molecule has 152 valence electrons. The first kappa shape index (κ1) is 19.6. The number of nitrogens with zero attached hydrogens (tertiary/aromatic N) is 1. The van der Waals surface area contributed by atoms with Gasteiger partial charge < -0.3 is 9.73 Å². The van der Waals surface area contributed by atoms with Crippen LogP contribution in [0.3, 0.4) is 0 Å². The molecule has 1 aliphatic carbocycles.